The lowest BCUT2D eigenvalue weighted by Crippen LogP contribution is -2.49. The van der Waals surface area contributed by atoms with E-state index in [4.69, 9.17) is 14.2 Å². The van der Waals surface area contributed by atoms with E-state index < -0.39 is 29.8 Å². The molecule has 228 valence electrons. The molecule has 4 rings (SSSR count). The summed E-state index contributed by atoms with van der Waals surface area (Å²) in [5, 5.41) is 26.4. The fourth-order valence-electron chi connectivity index (χ4n) is 4.64. The summed E-state index contributed by atoms with van der Waals surface area (Å²) >= 11 is 0. The first-order chi connectivity index (χ1) is 20.1. The zero-order chi connectivity index (χ0) is 30.4. The van der Waals surface area contributed by atoms with Crippen molar-refractivity contribution in [3.63, 3.8) is 0 Å². The fraction of sp³-hybridized carbons (Fsp3) is 0.290. The molecule has 4 N–H and O–H groups in total. The van der Waals surface area contributed by atoms with Crippen LogP contribution in [0.15, 0.2) is 54.6 Å². The van der Waals surface area contributed by atoms with Crippen LogP contribution in [-0.2, 0) is 4.74 Å². The molecule has 1 heterocycles. The van der Waals surface area contributed by atoms with Gasteiger partial charge in [0.05, 0.1) is 31.4 Å². The van der Waals surface area contributed by atoms with E-state index in [1.165, 1.54) is 75.7 Å². The number of benzene rings is 3. The summed E-state index contributed by atoms with van der Waals surface area (Å²) in [6.45, 7) is 2.39. The van der Waals surface area contributed by atoms with E-state index >= 15 is 0 Å². The van der Waals surface area contributed by atoms with Crippen LogP contribution in [0.5, 0.6) is 23.0 Å². The first-order valence-corrected chi connectivity index (χ1v) is 13.3. The highest BCUT2D eigenvalue weighted by molar-refractivity contribution is 6.12. The Morgan fingerprint density at radius 2 is 1.47 bits per heavy atom. The second kappa shape index (κ2) is 14.5. The van der Waals surface area contributed by atoms with Gasteiger partial charge in [0, 0.05) is 23.2 Å². The molecule has 0 aliphatic carbocycles. The Bertz CT molecular complexity index is 1480. The second-order valence-electron chi connectivity index (χ2n) is 9.79. The van der Waals surface area contributed by atoms with Crippen molar-refractivity contribution in [3.05, 3.63) is 82.4 Å². The zero-order valence-electron chi connectivity index (χ0n) is 23.8. The first-order valence-electron chi connectivity index (χ1n) is 13.3. The number of phenols is 2. The summed E-state index contributed by atoms with van der Waals surface area (Å²) < 4.78 is 16.1. The van der Waals surface area contributed by atoms with Gasteiger partial charge in [-0.3, -0.25) is 14.4 Å². The van der Waals surface area contributed by atoms with Gasteiger partial charge in [0.1, 0.15) is 11.9 Å². The van der Waals surface area contributed by atoms with Crippen molar-refractivity contribution in [2.75, 3.05) is 27.3 Å². The van der Waals surface area contributed by atoms with Crippen LogP contribution >= 0.6 is 12.4 Å². The molecule has 0 radical (unpaired) electrons. The highest BCUT2D eigenvalue weighted by Crippen LogP contribution is 2.37. The Hall–Kier alpha value is -4.61. The lowest BCUT2D eigenvalue weighted by molar-refractivity contribution is 0.0192. The molecule has 2 atom stereocenters. The number of carbonyl (C=O) groups is 4. The number of hydrogen-bond acceptors (Lipinski definition) is 10. The maximum atomic E-state index is 13.1. The molecular weight excluding hydrogens is 580 g/mol. The molecule has 0 saturated carbocycles. The Morgan fingerprint density at radius 1 is 0.860 bits per heavy atom. The van der Waals surface area contributed by atoms with Crippen molar-refractivity contribution in [1.82, 2.24) is 10.6 Å². The average Bonchev–Trinajstić information content (AvgIpc) is 3.21. The third-order valence-corrected chi connectivity index (χ3v) is 7.00. The summed E-state index contributed by atoms with van der Waals surface area (Å²) in [6, 6.07) is 12.0. The maximum Gasteiger partial charge on any atom is 0.338 e. The van der Waals surface area contributed by atoms with Crippen LogP contribution in [0.2, 0.25) is 0 Å². The number of Topliss-reactive ketones (excluding diaryl/α,β-unsaturated/α-hetero) is 1. The molecule has 1 saturated heterocycles. The largest absolute Gasteiger partial charge is 0.507 e. The predicted octanol–water partition coefficient (Wildman–Crippen LogP) is 3.68. The van der Waals surface area contributed by atoms with E-state index in [1.807, 2.05) is 0 Å². The van der Waals surface area contributed by atoms with Crippen LogP contribution in [0.3, 0.4) is 0 Å². The number of hydrogen-bond donors (Lipinski definition) is 4. The Kier molecular flexibility index (Phi) is 11.1. The Morgan fingerprint density at radius 3 is 2.07 bits per heavy atom. The predicted molar refractivity (Wildman–Crippen MR) is 159 cm³/mol. The van der Waals surface area contributed by atoms with E-state index in [-0.39, 0.29) is 63.4 Å². The van der Waals surface area contributed by atoms with Gasteiger partial charge in [0.15, 0.2) is 23.1 Å². The zero-order valence-corrected chi connectivity index (χ0v) is 24.7. The standard InChI is InChI=1S/C31H32N2O9.ClH/c1-17(34)20-10-11-24(35)22(13-20)28(36)18-6-8-19(9-7-18)31(39)42-25-5-4-12-32-16-23(25)33-30(38)21-14-26(40-2)29(37)27(15-21)41-3;/h6-11,13-15,23,25,32,35,37H,4-5,12,16H2,1-3H3,(H,33,38);1H/t23-,25-;/m1./s1. The summed E-state index contributed by atoms with van der Waals surface area (Å²) in [4.78, 5) is 50.9. The van der Waals surface area contributed by atoms with Gasteiger partial charge in [-0.2, -0.15) is 0 Å². The van der Waals surface area contributed by atoms with Crippen molar-refractivity contribution in [1.29, 1.82) is 0 Å². The van der Waals surface area contributed by atoms with E-state index in [1.54, 1.807) is 0 Å². The van der Waals surface area contributed by atoms with Crippen LogP contribution < -0.4 is 20.1 Å². The van der Waals surface area contributed by atoms with Crippen LogP contribution in [0.1, 0.15) is 66.8 Å². The monoisotopic (exact) mass is 612 g/mol. The number of amides is 1. The van der Waals surface area contributed by atoms with Crippen LogP contribution in [0, 0.1) is 0 Å². The van der Waals surface area contributed by atoms with Gasteiger partial charge < -0.3 is 35.1 Å². The average molecular weight is 613 g/mol. The topological polar surface area (TPSA) is 160 Å². The molecular formula is C31H33ClN2O9. The molecule has 0 aromatic heterocycles. The number of carbonyl (C=O) groups excluding carboxylic acids is 4. The Balaban J connectivity index is 0.00000506. The molecule has 11 nitrogen and oxygen atoms in total. The summed E-state index contributed by atoms with van der Waals surface area (Å²) in [5.41, 5.74) is 0.872. The van der Waals surface area contributed by atoms with Gasteiger partial charge in [-0.15, -0.1) is 12.4 Å². The third kappa shape index (κ3) is 7.62. The number of halogens is 1. The summed E-state index contributed by atoms with van der Waals surface area (Å²) in [6.07, 6.45) is 0.556. The molecule has 0 spiro atoms. The third-order valence-electron chi connectivity index (χ3n) is 7.00. The highest BCUT2D eigenvalue weighted by atomic mass is 35.5. The van der Waals surface area contributed by atoms with Crippen LogP contribution in [0.4, 0.5) is 0 Å². The van der Waals surface area contributed by atoms with Crippen molar-refractivity contribution in [2.24, 2.45) is 0 Å². The van der Waals surface area contributed by atoms with Gasteiger partial charge in [-0.25, -0.2) is 4.79 Å². The molecule has 0 bridgehead atoms. The van der Waals surface area contributed by atoms with Gasteiger partial charge in [-0.05, 0) is 68.8 Å². The summed E-state index contributed by atoms with van der Waals surface area (Å²) in [5.74, 6) is -2.18. The van der Waals surface area contributed by atoms with Crippen LogP contribution in [0.25, 0.3) is 0 Å². The fourth-order valence-corrected chi connectivity index (χ4v) is 4.64. The molecule has 12 heteroatoms. The lowest BCUT2D eigenvalue weighted by Gasteiger charge is -2.26. The molecule has 1 amide bonds. The van der Waals surface area contributed by atoms with Crippen molar-refractivity contribution < 1.29 is 43.6 Å². The summed E-state index contributed by atoms with van der Waals surface area (Å²) in [7, 11) is 2.72. The van der Waals surface area contributed by atoms with Gasteiger partial charge in [0.2, 0.25) is 5.75 Å². The van der Waals surface area contributed by atoms with Crippen molar-refractivity contribution in [3.8, 4) is 23.0 Å². The van der Waals surface area contributed by atoms with Gasteiger partial charge >= 0.3 is 5.97 Å². The number of ketones is 2. The molecule has 1 fully saturated rings. The number of methoxy groups -OCH3 is 2. The minimum Gasteiger partial charge on any atom is -0.507 e. The smallest absolute Gasteiger partial charge is 0.338 e. The molecule has 1 aliphatic heterocycles. The molecule has 0 unspecified atom stereocenters. The van der Waals surface area contributed by atoms with E-state index in [2.05, 4.69) is 10.6 Å². The molecule has 1 aliphatic rings. The number of nitrogens with one attached hydrogen (secondary N) is 2. The Labute approximate surface area is 254 Å². The number of ether oxygens (including phenoxy) is 3. The lowest BCUT2D eigenvalue weighted by atomic mass is 9.98. The molecule has 3 aromatic carbocycles. The van der Waals surface area contributed by atoms with Gasteiger partial charge in [-0.1, -0.05) is 12.1 Å². The van der Waals surface area contributed by atoms with E-state index in [0.29, 0.717) is 31.5 Å². The second-order valence-corrected chi connectivity index (χ2v) is 9.79. The normalized spacial score (nSPS) is 16.2. The maximum absolute atomic E-state index is 13.1. The minimum atomic E-state index is -0.648. The SMILES string of the molecule is COc1cc(C(=O)N[C@@H]2CNCCC[C@H]2OC(=O)c2ccc(C(=O)c3cc(C(C)=O)ccc3O)cc2)cc(OC)c1O.Cl. The van der Waals surface area contributed by atoms with Crippen molar-refractivity contribution >= 4 is 35.9 Å². The quantitative estimate of drug-likeness (QED) is 0.207. The van der Waals surface area contributed by atoms with E-state index in [9.17, 15) is 29.4 Å². The molecule has 3 aromatic rings. The molecule has 43 heavy (non-hydrogen) atoms. The first kappa shape index (κ1) is 32.9. The number of phenolic OH excluding ortho intramolecular Hbond substituents is 2. The highest BCUT2D eigenvalue weighted by Gasteiger charge is 2.30. The minimum absolute atomic E-state index is 0. The van der Waals surface area contributed by atoms with Gasteiger partial charge in [0.25, 0.3) is 5.91 Å². The van der Waals surface area contributed by atoms with Crippen molar-refractivity contribution in [2.45, 2.75) is 31.9 Å². The number of rotatable bonds is 9. The number of aromatic hydroxyl groups is 2. The van der Waals surface area contributed by atoms with Crippen LogP contribution in [-0.4, -0.2) is 73.1 Å². The van der Waals surface area contributed by atoms with E-state index in [0.717, 1.165) is 0 Å². The number of esters is 1.